The van der Waals surface area contributed by atoms with Gasteiger partial charge in [-0.05, 0) is 49.7 Å². The lowest BCUT2D eigenvalue weighted by Gasteiger charge is -2.30. The molecule has 2 amide bonds. The van der Waals surface area contributed by atoms with E-state index in [1.807, 2.05) is 24.3 Å². The van der Waals surface area contributed by atoms with Gasteiger partial charge in [-0.2, -0.15) is 0 Å². The van der Waals surface area contributed by atoms with E-state index >= 15 is 0 Å². The number of piperidine rings is 1. The molecule has 7 nitrogen and oxygen atoms in total. The van der Waals surface area contributed by atoms with Crippen LogP contribution in [-0.4, -0.2) is 50.6 Å². The van der Waals surface area contributed by atoms with Gasteiger partial charge in [0.05, 0.1) is 20.8 Å². The lowest BCUT2D eigenvalue weighted by molar-refractivity contribution is -0.126. The van der Waals surface area contributed by atoms with Crippen LogP contribution in [0.25, 0.3) is 0 Å². The first-order valence-electron chi connectivity index (χ1n) is 10.3. The standard InChI is InChI=1S/C23H28ClN3O4/c1-30-20-8-7-18(13-21(20)31-2)26-22(28)15-27-11-9-16(10-12-27)23(29)25-14-17-5-3-4-6-19(17)24/h3-8,13,16H,9-12,14-15H2,1-2H3,(H,25,29)(H,26,28). The molecule has 0 radical (unpaired) electrons. The molecule has 1 fully saturated rings. The highest BCUT2D eigenvalue weighted by Gasteiger charge is 2.26. The minimum absolute atomic E-state index is 0.0364. The zero-order valence-electron chi connectivity index (χ0n) is 17.8. The predicted molar refractivity (Wildman–Crippen MR) is 121 cm³/mol. The summed E-state index contributed by atoms with van der Waals surface area (Å²) in [5.41, 5.74) is 1.55. The molecule has 0 saturated carbocycles. The first-order chi connectivity index (χ1) is 15.0. The molecule has 0 atom stereocenters. The quantitative estimate of drug-likeness (QED) is 0.651. The van der Waals surface area contributed by atoms with Gasteiger partial charge in [0, 0.05) is 29.2 Å². The molecule has 3 rings (SSSR count). The van der Waals surface area contributed by atoms with E-state index < -0.39 is 0 Å². The number of methoxy groups -OCH3 is 2. The van der Waals surface area contributed by atoms with Crippen LogP contribution in [0.1, 0.15) is 18.4 Å². The van der Waals surface area contributed by atoms with Crippen molar-refractivity contribution in [2.45, 2.75) is 19.4 Å². The lowest BCUT2D eigenvalue weighted by Crippen LogP contribution is -2.43. The van der Waals surface area contributed by atoms with Crippen LogP contribution in [0.4, 0.5) is 5.69 Å². The van der Waals surface area contributed by atoms with Gasteiger partial charge >= 0.3 is 0 Å². The number of rotatable bonds is 8. The first kappa shape index (κ1) is 22.9. The number of benzene rings is 2. The summed E-state index contributed by atoms with van der Waals surface area (Å²) >= 11 is 6.14. The molecule has 2 aromatic carbocycles. The van der Waals surface area contributed by atoms with Crippen molar-refractivity contribution < 1.29 is 19.1 Å². The second kappa shape index (κ2) is 11.0. The van der Waals surface area contributed by atoms with Crippen LogP contribution < -0.4 is 20.1 Å². The van der Waals surface area contributed by atoms with E-state index in [-0.39, 0.29) is 24.3 Å². The van der Waals surface area contributed by atoms with Gasteiger partial charge in [0.15, 0.2) is 11.5 Å². The summed E-state index contributed by atoms with van der Waals surface area (Å²) in [6, 6.07) is 12.7. The molecule has 166 valence electrons. The number of carbonyl (C=O) groups excluding carboxylic acids is 2. The van der Waals surface area contributed by atoms with Crippen molar-refractivity contribution in [2.75, 3.05) is 39.2 Å². The molecule has 1 aliphatic rings. The van der Waals surface area contributed by atoms with Crippen LogP contribution >= 0.6 is 11.6 Å². The number of nitrogens with zero attached hydrogens (tertiary/aromatic N) is 1. The van der Waals surface area contributed by atoms with E-state index in [1.165, 1.54) is 0 Å². The molecule has 1 saturated heterocycles. The highest BCUT2D eigenvalue weighted by atomic mass is 35.5. The van der Waals surface area contributed by atoms with Gasteiger partial charge < -0.3 is 20.1 Å². The van der Waals surface area contributed by atoms with Crippen LogP contribution in [0.3, 0.4) is 0 Å². The molecule has 31 heavy (non-hydrogen) atoms. The molecule has 1 aliphatic heterocycles. The van der Waals surface area contributed by atoms with Crippen LogP contribution in [-0.2, 0) is 16.1 Å². The number of anilines is 1. The summed E-state index contributed by atoms with van der Waals surface area (Å²) in [4.78, 5) is 27.0. The zero-order valence-corrected chi connectivity index (χ0v) is 18.6. The normalized spacial score (nSPS) is 14.7. The maximum absolute atomic E-state index is 12.5. The molecular formula is C23H28ClN3O4. The maximum atomic E-state index is 12.5. The molecule has 0 aliphatic carbocycles. The molecule has 2 aromatic rings. The van der Waals surface area contributed by atoms with Gasteiger partial charge in [0.2, 0.25) is 11.8 Å². The van der Waals surface area contributed by atoms with Gasteiger partial charge in [-0.25, -0.2) is 0 Å². The van der Waals surface area contributed by atoms with Gasteiger partial charge in [-0.15, -0.1) is 0 Å². The number of amides is 2. The van der Waals surface area contributed by atoms with Crippen molar-refractivity contribution in [2.24, 2.45) is 5.92 Å². The summed E-state index contributed by atoms with van der Waals surface area (Å²) in [5.74, 6) is 1.05. The number of halogens is 1. The van der Waals surface area contributed by atoms with Crippen molar-refractivity contribution in [1.82, 2.24) is 10.2 Å². The molecule has 1 heterocycles. The Kier molecular flexibility index (Phi) is 8.14. The van der Waals surface area contributed by atoms with Gasteiger partial charge in [0.25, 0.3) is 0 Å². The topological polar surface area (TPSA) is 79.9 Å². The number of carbonyl (C=O) groups is 2. The third-order valence-electron chi connectivity index (χ3n) is 5.40. The SMILES string of the molecule is COc1ccc(NC(=O)CN2CCC(C(=O)NCc3ccccc3Cl)CC2)cc1OC. The fraction of sp³-hybridized carbons (Fsp3) is 0.391. The Morgan fingerprint density at radius 2 is 1.77 bits per heavy atom. The molecule has 0 bridgehead atoms. The average Bonchev–Trinajstić information content (AvgIpc) is 2.78. The van der Waals surface area contributed by atoms with Crippen molar-refractivity contribution in [3.8, 4) is 11.5 Å². The molecule has 0 spiro atoms. The Balaban J connectivity index is 1.43. The minimum Gasteiger partial charge on any atom is -0.493 e. The van der Waals surface area contributed by atoms with Gasteiger partial charge in [-0.1, -0.05) is 29.8 Å². The summed E-state index contributed by atoms with van der Waals surface area (Å²) in [6.45, 7) is 2.10. The number of hydrogen-bond acceptors (Lipinski definition) is 5. The summed E-state index contributed by atoms with van der Waals surface area (Å²) in [6.07, 6.45) is 1.44. The van der Waals surface area contributed by atoms with Crippen LogP contribution in [0.5, 0.6) is 11.5 Å². The molecule has 0 unspecified atom stereocenters. The monoisotopic (exact) mass is 445 g/mol. The number of ether oxygens (including phenoxy) is 2. The van der Waals surface area contributed by atoms with Gasteiger partial charge in [0.1, 0.15) is 0 Å². The van der Waals surface area contributed by atoms with Crippen molar-refractivity contribution in [3.05, 3.63) is 53.1 Å². The largest absolute Gasteiger partial charge is 0.493 e. The van der Waals surface area contributed by atoms with E-state index in [2.05, 4.69) is 15.5 Å². The van der Waals surface area contributed by atoms with Crippen molar-refractivity contribution in [1.29, 1.82) is 0 Å². The van der Waals surface area contributed by atoms with Crippen LogP contribution in [0.15, 0.2) is 42.5 Å². The van der Waals surface area contributed by atoms with E-state index in [1.54, 1.807) is 32.4 Å². The zero-order chi connectivity index (χ0) is 22.2. The molecule has 0 aromatic heterocycles. The highest BCUT2D eigenvalue weighted by molar-refractivity contribution is 6.31. The molecule has 2 N–H and O–H groups in total. The Morgan fingerprint density at radius 1 is 1.06 bits per heavy atom. The minimum atomic E-state index is -0.103. The van der Waals surface area contributed by atoms with Crippen LogP contribution in [0.2, 0.25) is 5.02 Å². The second-order valence-corrected chi connectivity index (χ2v) is 7.88. The van der Waals surface area contributed by atoms with Crippen molar-refractivity contribution >= 4 is 29.1 Å². The van der Waals surface area contributed by atoms with Crippen molar-refractivity contribution in [3.63, 3.8) is 0 Å². The third kappa shape index (κ3) is 6.35. The Hall–Kier alpha value is -2.77. The number of likely N-dealkylation sites (tertiary alicyclic amines) is 1. The highest BCUT2D eigenvalue weighted by Crippen LogP contribution is 2.29. The fourth-order valence-electron chi connectivity index (χ4n) is 3.64. The Bertz CT molecular complexity index is 913. The van der Waals surface area contributed by atoms with E-state index in [0.29, 0.717) is 41.8 Å². The lowest BCUT2D eigenvalue weighted by atomic mass is 9.96. The van der Waals surface area contributed by atoms with E-state index in [0.717, 1.165) is 18.4 Å². The number of hydrogen-bond donors (Lipinski definition) is 2. The maximum Gasteiger partial charge on any atom is 0.238 e. The first-order valence-corrected chi connectivity index (χ1v) is 10.6. The van der Waals surface area contributed by atoms with E-state index in [9.17, 15) is 9.59 Å². The summed E-state index contributed by atoms with van der Waals surface area (Å²) < 4.78 is 10.5. The predicted octanol–water partition coefficient (Wildman–Crippen LogP) is 3.32. The smallest absolute Gasteiger partial charge is 0.238 e. The number of nitrogens with one attached hydrogen (secondary N) is 2. The summed E-state index contributed by atoms with van der Waals surface area (Å²) in [7, 11) is 3.12. The fourth-order valence-corrected chi connectivity index (χ4v) is 3.84. The summed E-state index contributed by atoms with van der Waals surface area (Å²) in [5, 5.41) is 6.51. The Labute approximate surface area is 187 Å². The van der Waals surface area contributed by atoms with Crippen LogP contribution in [0, 0.1) is 5.92 Å². The second-order valence-electron chi connectivity index (χ2n) is 7.48. The molecular weight excluding hydrogens is 418 g/mol. The average molecular weight is 446 g/mol. The van der Waals surface area contributed by atoms with E-state index in [4.69, 9.17) is 21.1 Å². The molecule has 8 heteroatoms. The Morgan fingerprint density at radius 3 is 2.45 bits per heavy atom. The van der Waals surface area contributed by atoms with Gasteiger partial charge in [-0.3, -0.25) is 14.5 Å². The third-order valence-corrected chi connectivity index (χ3v) is 5.77.